The summed E-state index contributed by atoms with van der Waals surface area (Å²) in [5, 5.41) is 0. The minimum Gasteiger partial charge on any atom is -0.399 e. The van der Waals surface area contributed by atoms with Gasteiger partial charge in [-0.3, -0.25) is 0 Å². The highest BCUT2D eigenvalue weighted by atomic mass is 127. The molecule has 0 spiro atoms. The lowest BCUT2D eigenvalue weighted by atomic mass is 10.1. The number of anilines is 1. The first kappa shape index (κ1) is 11.8. The number of benzene rings is 1. The molecule has 0 amide bonds. The van der Waals surface area contributed by atoms with Gasteiger partial charge in [-0.2, -0.15) is 0 Å². The summed E-state index contributed by atoms with van der Waals surface area (Å²) < 4.78 is 1.32. The van der Waals surface area contributed by atoms with Crippen LogP contribution in [-0.4, -0.2) is 25.5 Å². The van der Waals surface area contributed by atoms with Gasteiger partial charge >= 0.3 is 0 Å². The summed E-state index contributed by atoms with van der Waals surface area (Å²) in [6, 6.07) is 6.12. The van der Waals surface area contributed by atoms with Gasteiger partial charge < -0.3 is 10.6 Å². The minimum absolute atomic E-state index is 0.866. The Labute approximate surface area is 99.6 Å². The van der Waals surface area contributed by atoms with Gasteiger partial charge in [-0.25, -0.2) is 0 Å². The van der Waals surface area contributed by atoms with Crippen LogP contribution in [0.2, 0.25) is 0 Å². The molecule has 0 fully saturated rings. The van der Waals surface area contributed by atoms with Crippen molar-refractivity contribution in [3.8, 4) is 0 Å². The molecule has 78 valence electrons. The van der Waals surface area contributed by atoms with Gasteiger partial charge in [0.2, 0.25) is 0 Å². The summed E-state index contributed by atoms with van der Waals surface area (Å²) in [7, 11) is 4.20. The fourth-order valence-corrected chi connectivity index (χ4v) is 1.98. The molecule has 2 N–H and O–H groups in total. The first-order valence-corrected chi connectivity index (χ1v) is 5.86. The average molecular weight is 304 g/mol. The van der Waals surface area contributed by atoms with Crippen molar-refractivity contribution in [1.29, 1.82) is 0 Å². The van der Waals surface area contributed by atoms with Crippen LogP contribution in [0.25, 0.3) is 0 Å². The second kappa shape index (κ2) is 5.56. The topological polar surface area (TPSA) is 29.3 Å². The second-order valence-corrected chi connectivity index (χ2v) is 4.92. The van der Waals surface area contributed by atoms with Gasteiger partial charge in [0, 0.05) is 9.26 Å². The maximum Gasteiger partial charge on any atom is 0.0317 e. The lowest BCUT2D eigenvalue weighted by Crippen LogP contribution is -2.13. The number of nitrogen functional groups attached to an aromatic ring is 1. The largest absolute Gasteiger partial charge is 0.399 e. The predicted octanol–water partition coefficient (Wildman–Crippen LogP) is 2.37. The molecule has 0 bridgehead atoms. The molecule has 1 aromatic rings. The number of hydrogen-bond acceptors (Lipinski definition) is 2. The fraction of sp³-hybridized carbons (Fsp3) is 0.455. The van der Waals surface area contributed by atoms with Crippen molar-refractivity contribution < 1.29 is 0 Å². The summed E-state index contributed by atoms with van der Waals surface area (Å²) in [6.07, 6.45) is 2.30. The van der Waals surface area contributed by atoms with Crippen molar-refractivity contribution in [2.24, 2.45) is 0 Å². The Morgan fingerprint density at radius 1 is 1.36 bits per heavy atom. The molecule has 0 atom stereocenters. The molecular formula is C11H17IN2. The van der Waals surface area contributed by atoms with Crippen LogP contribution >= 0.6 is 22.6 Å². The number of nitrogens with zero attached hydrogens (tertiary/aromatic N) is 1. The number of aryl methyl sites for hydroxylation is 1. The Morgan fingerprint density at radius 3 is 2.71 bits per heavy atom. The first-order valence-electron chi connectivity index (χ1n) is 4.78. The Bertz CT molecular complexity index is 297. The summed E-state index contributed by atoms with van der Waals surface area (Å²) in [4.78, 5) is 2.21. The van der Waals surface area contributed by atoms with Gasteiger partial charge in [-0.05, 0) is 79.8 Å². The smallest absolute Gasteiger partial charge is 0.0317 e. The Morgan fingerprint density at radius 2 is 2.07 bits per heavy atom. The van der Waals surface area contributed by atoms with Crippen molar-refractivity contribution in [2.45, 2.75) is 12.8 Å². The fourth-order valence-electron chi connectivity index (χ4n) is 1.37. The van der Waals surface area contributed by atoms with E-state index in [-0.39, 0.29) is 0 Å². The van der Waals surface area contributed by atoms with Crippen molar-refractivity contribution in [3.63, 3.8) is 0 Å². The van der Waals surface area contributed by atoms with E-state index in [9.17, 15) is 0 Å². The molecule has 0 aliphatic carbocycles. The Hall–Kier alpha value is -0.290. The van der Waals surface area contributed by atoms with E-state index >= 15 is 0 Å². The molecule has 0 aromatic heterocycles. The highest BCUT2D eigenvalue weighted by molar-refractivity contribution is 14.1. The molecule has 3 heteroatoms. The number of rotatable bonds is 4. The van der Waals surface area contributed by atoms with Crippen LogP contribution < -0.4 is 5.73 Å². The van der Waals surface area contributed by atoms with Gasteiger partial charge in [-0.1, -0.05) is 0 Å². The lowest BCUT2D eigenvalue weighted by Gasteiger charge is -2.10. The molecule has 0 saturated heterocycles. The molecule has 0 saturated carbocycles. The highest BCUT2D eigenvalue weighted by Gasteiger charge is 2.00. The normalized spacial score (nSPS) is 10.9. The van der Waals surface area contributed by atoms with Crippen LogP contribution in [0.15, 0.2) is 18.2 Å². The number of halogens is 1. The van der Waals surface area contributed by atoms with Crippen molar-refractivity contribution in [1.82, 2.24) is 4.90 Å². The van der Waals surface area contributed by atoms with E-state index in [1.165, 1.54) is 15.6 Å². The molecular weight excluding hydrogens is 287 g/mol. The SMILES string of the molecule is CN(C)CCCc1cc(N)ccc1I. The maximum absolute atomic E-state index is 5.75. The van der Waals surface area contributed by atoms with Crippen molar-refractivity contribution in [3.05, 3.63) is 27.3 Å². The number of hydrogen-bond donors (Lipinski definition) is 1. The van der Waals surface area contributed by atoms with Gasteiger partial charge in [0.15, 0.2) is 0 Å². The van der Waals surface area contributed by atoms with Gasteiger partial charge in [0.05, 0.1) is 0 Å². The quantitative estimate of drug-likeness (QED) is 0.683. The van der Waals surface area contributed by atoms with Crippen LogP contribution in [0.5, 0.6) is 0 Å². The third-order valence-electron chi connectivity index (χ3n) is 2.12. The zero-order chi connectivity index (χ0) is 10.6. The van der Waals surface area contributed by atoms with Crippen LogP contribution in [0, 0.1) is 3.57 Å². The van der Waals surface area contributed by atoms with Crippen LogP contribution in [0.3, 0.4) is 0 Å². The van der Waals surface area contributed by atoms with E-state index in [4.69, 9.17) is 5.73 Å². The van der Waals surface area contributed by atoms with Crippen LogP contribution in [0.1, 0.15) is 12.0 Å². The Kier molecular flexibility index (Phi) is 4.68. The zero-order valence-electron chi connectivity index (χ0n) is 8.76. The van der Waals surface area contributed by atoms with Crippen LogP contribution in [-0.2, 0) is 6.42 Å². The maximum atomic E-state index is 5.75. The first-order chi connectivity index (χ1) is 6.59. The van der Waals surface area contributed by atoms with E-state index in [1.54, 1.807) is 0 Å². The van der Waals surface area contributed by atoms with Crippen LogP contribution in [0.4, 0.5) is 5.69 Å². The van der Waals surface area contributed by atoms with E-state index in [2.05, 4.69) is 53.7 Å². The van der Waals surface area contributed by atoms with E-state index < -0.39 is 0 Å². The molecule has 0 radical (unpaired) electrons. The molecule has 1 aromatic carbocycles. The molecule has 0 aliphatic heterocycles. The van der Waals surface area contributed by atoms with Crippen molar-refractivity contribution >= 4 is 28.3 Å². The monoisotopic (exact) mass is 304 g/mol. The molecule has 1 rings (SSSR count). The zero-order valence-corrected chi connectivity index (χ0v) is 10.9. The van der Waals surface area contributed by atoms with E-state index in [1.807, 2.05) is 6.07 Å². The molecule has 14 heavy (non-hydrogen) atoms. The highest BCUT2D eigenvalue weighted by Crippen LogP contribution is 2.17. The van der Waals surface area contributed by atoms with Gasteiger partial charge in [0.1, 0.15) is 0 Å². The summed E-state index contributed by atoms with van der Waals surface area (Å²) in [5.74, 6) is 0. The van der Waals surface area contributed by atoms with Crippen molar-refractivity contribution in [2.75, 3.05) is 26.4 Å². The molecule has 0 aliphatic rings. The summed E-state index contributed by atoms with van der Waals surface area (Å²) in [6.45, 7) is 1.13. The lowest BCUT2D eigenvalue weighted by molar-refractivity contribution is 0.400. The Balaban J connectivity index is 2.53. The summed E-state index contributed by atoms with van der Waals surface area (Å²) >= 11 is 2.36. The molecule has 0 heterocycles. The standard InChI is InChI=1S/C11H17IN2/c1-14(2)7-3-4-9-8-10(13)5-6-11(9)12/h5-6,8H,3-4,7,13H2,1-2H3. The number of nitrogens with two attached hydrogens (primary N) is 1. The third-order valence-corrected chi connectivity index (χ3v) is 3.17. The van der Waals surface area contributed by atoms with E-state index in [0.29, 0.717) is 0 Å². The third kappa shape index (κ3) is 3.84. The minimum atomic E-state index is 0.866. The molecule has 2 nitrogen and oxygen atoms in total. The predicted molar refractivity (Wildman–Crippen MR) is 70.4 cm³/mol. The molecule has 0 unspecified atom stereocenters. The van der Waals surface area contributed by atoms with E-state index in [0.717, 1.165) is 18.7 Å². The van der Waals surface area contributed by atoms with Gasteiger partial charge in [-0.15, -0.1) is 0 Å². The average Bonchev–Trinajstić information content (AvgIpc) is 2.10. The van der Waals surface area contributed by atoms with Gasteiger partial charge in [0.25, 0.3) is 0 Å². The summed E-state index contributed by atoms with van der Waals surface area (Å²) in [5.41, 5.74) is 7.98. The second-order valence-electron chi connectivity index (χ2n) is 3.76.